The van der Waals surface area contributed by atoms with Crippen molar-refractivity contribution < 1.29 is 47.8 Å². The topological polar surface area (TPSA) is 328 Å². The van der Waals surface area contributed by atoms with Gasteiger partial charge in [-0.1, -0.05) is 92.4 Å². The second-order valence-corrected chi connectivity index (χ2v) is 38.6. The van der Waals surface area contributed by atoms with Crippen LogP contribution >= 0.6 is 102 Å². The van der Waals surface area contributed by atoms with E-state index in [4.69, 9.17) is 27.4 Å². The molecule has 0 amide bonds. The molecule has 14 rings (SSSR count). The first-order chi connectivity index (χ1) is 51.0. The number of hydrogen-bond acceptors (Lipinski definition) is 14. The molecule has 23 nitrogen and oxygen atoms in total. The van der Waals surface area contributed by atoms with Crippen LogP contribution in [0.2, 0.25) is 0 Å². The van der Waals surface area contributed by atoms with Crippen LogP contribution in [-0.2, 0) is 18.6 Å². The first-order valence-corrected chi connectivity index (χ1v) is 38.0. The summed E-state index contributed by atoms with van der Waals surface area (Å²) in [7, 11) is 0. The Morgan fingerprint density at radius 2 is 0.861 bits per heavy atom. The van der Waals surface area contributed by atoms with Crippen molar-refractivity contribution >= 4 is 191 Å². The number of nitriles is 3. The first-order valence-electron chi connectivity index (χ1n) is 33.0. The summed E-state index contributed by atoms with van der Waals surface area (Å²) in [6, 6.07) is 60.4. The van der Waals surface area contributed by atoms with Gasteiger partial charge < -0.3 is 46.3 Å². The third kappa shape index (κ3) is 22.2. The maximum absolute atomic E-state index is 13.3. The predicted octanol–water partition coefficient (Wildman–Crippen LogP) is 21.7. The minimum atomic E-state index is -0.497. The SMILES string of the molecule is CC(I)(I)I.C[CH-]I.Cc1c(C(=O)CCl)c2cc([N+](=O)[O-])ccc2n1-c1ccc(C#N)cc1.Cc1c(C(=O)CN2CCCCC2)c2cc([N+](=O)[O-])ccc2n1-c1ccc(C#N)cc1.Cc1cc2cc([N+](=O)[O-])ccc2[nH]1.Cc1cc2cc([N+](=O)[O-])ccc2n1-c1ccc(C#N)cc1.Cc1cc2ccccc2[nH]1.[V]. The van der Waals surface area contributed by atoms with E-state index in [9.17, 15) is 50.0 Å². The molecule has 0 unspecified atom stereocenters. The standard InChI is InChI=1S/C23H22N4O3.C18H12ClN3O3.C16H11N3O2.C9H8N2O2.C9H9N.C2H3I3.C2H4I.V/c1-16-23(22(28)15-25-11-3-2-4-12-25)20-13-19(27(29)30)9-10-21(20)26(16)18-7-5-17(14-24)6-8-18;1-11-18(17(23)9-19)15-8-14(22(24)25)6-7-16(15)21(11)13-4-2-12(10-20)3-5-13;1-11-8-13-9-15(19(20)21)6-7-16(13)18(11)14-4-2-12(10-17)3-5-14;1-6-4-7-5-8(11(12)13)2-3-9(7)10-6;1-7-6-8-4-2-3-5-9(8)10-7;1-2(3,4)5;1-2-3;/h5-10,13H,2-4,11-12,15H2,1H3;2-8H,9H2,1H3;2-9H,1H3;2-5,10H,1H3;2-6,10H,1H3;1H3;2H,1H3;/q;;;;;;-1;. The summed E-state index contributed by atoms with van der Waals surface area (Å²) in [5, 5.41) is 74.7. The van der Waals surface area contributed by atoms with Crippen LogP contribution in [0, 0.1) is 113 Å². The second-order valence-electron chi connectivity index (χ2n) is 24.4. The Morgan fingerprint density at radius 3 is 1.27 bits per heavy atom. The maximum Gasteiger partial charge on any atom is 0.270 e. The zero-order valence-corrected chi connectivity index (χ0v) is 70.0. The number of nitrogens with zero attached hydrogens (tertiary/aromatic N) is 11. The van der Waals surface area contributed by atoms with Gasteiger partial charge in [0.1, 0.15) is -0.565 Å². The molecule has 29 heteroatoms. The van der Waals surface area contributed by atoms with Gasteiger partial charge in [0.05, 0.1) is 83.6 Å². The Kier molecular flexibility index (Phi) is 31.5. The number of fused-ring (bicyclic) bond motifs is 5. The third-order valence-electron chi connectivity index (χ3n) is 16.8. The molecule has 1 saturated heterocycles. The van der Waals surface area contributed by atoms with E-state index in [1.165, 1.54) is 59.4 Å². The molecule has 1 aliphatic heterocycles. The van der Waals surface area contributed by atoms with E-state index in [1.807, 2.05) is 88.3 Å². The fraction of sp³-hybridized carbons (Fsp3) is 0.190. The Balaban J connectivity index is 0.000000190. The van der Waals surface area contributed by atoms with E-state index < -0.39 is 14.8 Å². The molecule has 1 fully saturated rings. The number of Topliss-reactive ketones (excluding diaryl/α,β-unsaturated/α-hetero) is 2. The van der Waals surface area contributed by atoms with Gasteiger partial charge in [-0.2, -0.15) is 22.7 Å². The van der Waals surface area contributed by atoms with Crippen molar-refractivity contribution in [3.8, 4) is 35.3 Å². The smallest absolute Gasteiger partial charge is 0.270 e. The van der Waals surface area contributed by atoms with Gasteiger partial charge in [0.25, 0.3) is 22.7 Å². The number of aromatic nitrogens is 5. The molecule has 108 heavy (non-hydrogen) atoms. The molecule has 13 aromatic rings. The molecule has 1 radical (unpaired) electrons. The zero-order chi connectivity index (χ0) is 78.0. The van der Waals surface area contributed by atoms with Gasteiger partial charge in [0.15, 0.2) is 11.6 Å². The minimum Gasteiger partial charge on any atom is -0.359 e. The molecule has 0 aliphatic carbocycles. The number of benzene rings is 8. The van der Waals surface area contributed by atoms with Gasteiger partial charge >= 0.3 is 0 Å². The van der Waals surface area contributed by atoms with Gasteiger partial charge in [-0.25, -0.2) is 0 Å². The molecule has 551 valence electrons. The number of aromatic amines is 2. The third-order valence-corrected chi connectivity index (χ3v) is 17.1. The van der Waals surface area contributed by atoms with E-state index in [1.54, 1.807) is 91.9 Å². The summed E-state index contributed by atoms with van der Waals surface area (Å²) in [5.41, 5.74) is 14.2. The first kappa shape index (κ1) is 85.9. The number of likely N-dealkylation sites (tertiary alicyclic amines) is 1. The van der Waals surface area contributed by atoms with E-state index in [2.05, 4.69) is 162 Å². The number of para-hydroxylation sites is 1. The molecular weight excluding hydrogens is 1880 g/mol. The average Bonchev–Trinajstić information content (AvgIpc) is 1.60. The maximum atomic E-state index is 13.3. The normalized spacial score (nSPS) is 11.5. The number of piperidine rings is 1. The number of halogens is 5. The van der Waals surface area contributed by atoms with Crippen LogP contribution in [0.3, 0.4) is 0 Å². The van der Waals surface area contributed by atoms with Crippen molar-refractivity contribution in [3.05, 3.63) is 289 Å². The average molecular weight is 1950 g/mol. The predicted molar refractivity (Wildman–Crippen MR) is 455 cm³/mol. The minimum absolute atomic E-state index is 0. The van der Waals surface area contributed by atoms with E-state index >= 15 is 0 Å². The van der Waals surface area contributed by atoms with Crippen LogP contribution in [0.4, 0.5) is 22.7 Å². The number of rotatable bonds is 12. The number of nitro groups is 4. The molecule has 0 spiro atoms. The number of alkyl halides is 4. The van der Waals surface area contributed by atoms with Crippen LogP contribution < -0.4 is 0 Å². The molecular formula is C79H69ClI4N13O10V-. The summed E-state index contributed by atoms with van der Waals surface area (Å²) in [6.45, 7) is 15.8. The Hall–Kier alpha value is -9.38. The number of hydrogen-bond donors (Lipinski definition) is 2. The van der Waals surface area contributed by atoms with Gasteiger partial charge in [0, 0.05) is 156 Å². The molecule has 8 aromatic carbocycles. The summed E-state index contributed by atoms with van der Waals surface area (Å²) in [5.74, 6) is -0.528. The van der Waals surface area contributed by atoms with Crippen molar-refractivity contribution in [2.45, 2.75) is 67.2 Å². The Morgan fingerprint density at radius 1 is 0.500 bits per heavy atom. The molecule has 6 heterocycles. The quantitative estimate of drug-likeness (QED) is 0.0287. The van der Waals surface area contributed by atoms with E-state index in [0.717, 1.165) is 87.4 Å². The van der Waals surface area contributed by atoms with Gasteiger partial charge in [-0.05, 0) is 194 Å². The second kappa shape index (κ2) is 39.6. The molecule has 0 atom stereocenters. The number of nitro benzene ring substituents is 4. The molecule has 0 bridgehead atoms. The van der Waals surface area contributed by atoms with Crippen molar-refractivity contribution in [2.24, 2.45) is 0 Å². The Bertz CT molecular complexity index is 5550. The molecule has 1 aliphatic rings. The van der Waals surface area contributed by atoms with E-state index in [-0.39, 0.29) is 63.7 Å². The fourth-order valence-electron chi connectivity index (χ4n) is 12.3. The molecule has 2 N–H and O–H groups in total. The van der Waals surface area contributed by atoms with Crippen molar-refractivity contribution in [1.29, 1.82) is 15.8 Å². The summed E-state index contributed by atoms with van der Waals surface area (Å²) in [4.78, 5) is 76.2. The van der Waals surface area contributed by atoms with Gasteiger partial charge in [-0.15, -0.1) is 11.6 Å². The molecule has 5 aromatic heterocycles. The number of H-pyrrole nitrogens is 2. The fourth-order valence-corrected chi connectivity index (χ4v) is 12.5. The van der Waals surface area contributed by atoms with Gasteiger partial charge in [-0.3, -0.25) is 59.4 Å². The molecule has 0 saturated carbocycles. The van der Waals surface area contributed by atoms with Crippen molar-refractivity contribution in [2.75, 3.05) is 25.5 Å². The number of carbonyl (C=O) groups is 2. The van der Waals surface area contributed by atoms with Crippen molar-refractivity contribution in [1.82, 2.24) is 28.6 Å². The number of ketones is 2. The summed E-state index contributed by atoms with van der Waals surface area (Å²) >= 11 is 14.9. The number of aryl methyl sites for hydroxylation is 3. The van der Waals surface area contributed by atoms with Crippen molar-refractivity contribution in [3.63, 3.8) is 0 Å². The van der Waals surface area contributed by atoms with Crippen LogP contribution in [0.1, 0.15) is 99.0 Å². The van der Waals surface area contributed by atoms with Crippen LogP contribution in [0.5, 0.6) is 0 Å². The Labute approximate surface area is 693 Å². The summed E-state index contributed by atoms with van der Waals surface area (Å²) in [6.07, 6.45) is 3.36. The van der Waals surface area contributed by atoms with Gasteiger partial charge in [0.2, 0.25) is 0 Å². The number of carbonyl (C=O) groups excluding carboxylic acids is 2. The largest absolute Gasteiger partial charge is 0.359 e. The number of nitrogens with one attached hydrogen (secondary N) is 2. The number of non-ortho nitro benzene ring substituents is 4. The van der Waals surface area contributed by atoms with Crippen LogP contribution in [0.15, 0.2) is 188 Å². The monoisotopic (exact) mass is 1950 g/mol. The van der Waals surface area contributed by atoms with Crippen LogP contribution in [0.25, 0.3) is 71.6 Å². The van der Waals surface area contributed by atoms with Crippen LogP contribution in [-0.4, -0.2) is 84.8 Å². The zero-order valence-electron chi connectivity index (χ0n) is 59.3. The summed E-state index contributed by atoms with van der Waals surface area (Å²) < 4.78 is 8.16. The van der Waals surface area contributed by atoms with E-state index in [0.29, 0.717) is 55.8 Å².